The Morgan fingerprint density at radius 2 is 2.00 bits per heavy atom. The van der Waals surface area contributed by atoms with Gasteiger partial charge in [0.2, 0.25) is 0 Å². The molecule has 2 N–H and O–H groups in total. The van der Waals surface area contributed by atoms with E-state index in [4.69, 9.17) is 17.3 Å². The van der Waals surface area contributed by atoms with Crippen molar-refractivity contribution in [3.63, 3.8) is 0 Å². The lowest BCUT2D eigenvalue weighted by Crippen LogP contribution is -2.11. The van der Waals surface area contributed by atoms with Gasteiger partial charge >= 0.3 is 0 Å². The molecule has 1 atom stereocenters. The van der Waals surface area contributed by atoms with Gasteiger partial charge in [-0.3, -0.25) is 0 Å². The highest BCUT2D eigenvalue weighted by Gasteiger charge is 2.10. The molecule has 0 radical (unpaired) electrons. The quantitative estimate of drug-likeness (QED) is 0.882. The van der Waals surface area contributed by atoms with Crippen LogP contribution in [0.2, 0.25) is 5.02 Å². The van der Waals surface area contributed by atoms with E-state index in [1.807, 2.05) is 16.8 Å². The third-order valence-electron chi connectivity index (χ3n) is 2.15. The number of thiophene rings is 1. The standard InChI is InChI=1S/C11H9ClFNS.ClH/c12-9-3-8(4-10(13)5-9)11(14)7-1-2-15-6-7;/h1-6,11H,14H2;1H/t11-;/m0./s1. The molecule has 2 rings (SSSR count). The molecular formula is C11H10Cl2FNS. The lowest BCUT2D eigenvalue weighted by atomic mass is 10.0. The van der Waals surface area contributed by atoms with Gasteiger partial charge in [0.05, 0.1) is 6.04 Å². The third kappa shape index (κ3) is 2.95. The zero-order chi connectivity index (χ0) is 10.8. The van der Waals surface area contributed by atoms with E-state index in [-0.39, 0.29) is 24.3 Å². The monoisotopic (exact) mass is 277 g/mol. The summed E-state index contributed by atoms with van der Waals surface area (Å²) < 4.78 is 13.1. The number of hydrogen-bond donors (Lipinski definition) is 1. The van der Waals surface area contributed by atoms with Crippen LogP contribution in [-0.2, 0) is 0 Å². The largest absolute Gasteiger partial charge is 0.320 e. The summed E-state index contributed by atoms with van der Waals surface area (Å²) in [6, 6.07) is 5.98. The van der Waals surface area contributed by atoms with Crippen molar-refractivity contribution in [2.45, 2.75) is 6.04 Å². The van der Waals surface area contributed by atoms with E-state index in [9.17, 15) is 4.39 Å². The van der Waals surface area contributed by atoms with Crippen LogP contribution in [0.4, 0.5) is 4.39 Å². The van der Waals surface area contributed by atoms with Gasteiger partial charge in [-0.05, 0) is 46.2 Å². The number of benzene rings is 1. The fourth-order valence-corrected chi connectivity index (χ4v) is 2.33. The van der Waals surface area contributed by atoms with Gasteiger partial charge in [-0.15, -0.1) is 12.4 Å². The molecule has 0 amide bonds. The summed E-state index contributed by atoms with van der Waals surface area (Å²) in [5, 5.41) is 4.26. The summed E-state index contributed by atoms with van der Waals surface area (Å²) in [5.74, 6) is -0.358. The van der Waals surface area contributed by atoms with E-state index in [2.05, 4.69) is 0 Å². The van der Waals surface area contributed by atoms with E-state index >= 15 is 0 Å². The second-order valence-electron chi connectivity index (χ2n) is 3.24. The SMILES string of the molecule is Cl.N[C@@H](c1ccsc1)c1cc(F)cc(Cl)c1. The van der Waals surface area contributed by atoms with E-state index in [0.717, 1.165) is 5.56 Å². The maximum atomic E-state index is 13.1. The Hall–Kier alpha value is -0.610. The third-order valence-corrected chi connectivity index (χ3v) is 3.07. The van der Waals surface area contributed by atoms with Crippen molar-refractivity contribution >= 4 is 35.3 Å². The second-order valence-corrected chi connectivity index (χ2v) is 4.45. The molecule has 0 spiro atoms. The van der Waals surface area contributed by atoms with Gasteiger partial charge in [0.25, 0.3) is 0 Å². The van der Waals surface area contributed by atoms with Gasteiger partial charge in [0.15, 0.2) is 0 Å². The van der Waals surface area contributed by atoms with Crippen LogP contribution < -0.4 is 5.73 Å². The van der Waals surface area contributed by atoms with Crippen LogP contribution in [-0.4, -0.2) is 0 Å². The average Bonchev–Trinajstić information content (AvgIpc) is 2.67. The highest BCUT2D eigenvalue weighted by molar-refractivity contribution is 7.08. The minimum atomic E-state index is -0.358. The van der Waals surface area contributed by atoms with E-state index in [1.54, 1.807) is 17.4 Å². The molecule has 0 aliphatic heterocycles. The highest BCUT2D eigenvalue weighted by Crippen LogP contribution is 2.24. The first kappa shape index (κ1) is 13.5. The first-order valence-corrected chi connectivity index (χ1v) is 5.72. The summed E-state index contributed by atoms with van der Waals surface area (Å²) >= 11 is 7.33. The number of hydrogen-bond acceptors (Lipinski definition) is 2. The Kier molecular flexibility index (Phi) is 4.74. The smallest absolute Gasteiger partial charge is 0.125 e. The van der Waals surface area contributed by atoms with Crippen molar-refractivity contribution in [2.24, 2.45) is 5.73 Å². The summed E-state index contributed by atoms with van der Waals surface area (Å²) in [7, 11) is 0. The lowest BCUT2D eigenvalue weighted by molar-refractivity contribution is 0.624. The first-order valence-electron chi connectivity index (χ1n) is 4.40. The molecule has 1 aromatic heterocycles. The van der Waals surface area contributed by atoms with Crippen LogP contribution in [0.25, 0.3) is 0 Å². The molecule has 0 saturated heterocycles. The van der Waals surface area contributed by atoms with E-state index < -0.39 is 0 Å². The topological polar surface area (TPSA) is 26.0 Å². The van der Waals surface area contributed by atoms with Gasteiger partial charge in [-0.1, -0.05) is 11.6 Å². The van der Waals surface area contributed by atoms with Gasteiger partial charge in [0.1, 0.15) is 5.82 Å². The number of rotatable bonds is 2. The zero-order valence-corrected chi connectivity index (χ0v) is 10.6. The van der Waals surface area contributed by atoms with Crippen molar-refractivity contribution in [3.05, 3.63) is 57.0 Å². The summed E-state index contributed by atoms with van der Waals surface area (Å²) in [6.45, 7) is 0. The molecule has 0 aliphatic rings. The van der Waals surface area contributed by atoms with Crippen LogP contribution in [0.3, 0.4) is 0 Å². The van der Waals surface area contributed by atoms with Crippen LogP contribution in [0.1, 0.15) is 17.2 Å². The van der Waals surface area contributed by atoms with Crippen molar-refractivity contribution in [1.82, 2.24) is 0 Å². The summed E-state index contributed by atoms with van der Waals surface area (Å²) in [4.78, 5) is 0. The van der Waals surface area contributed by atoms with Crippen molar-refractivity contribution in [3.8, 4) is 0 Å². The average molecular weight is 278 g/mol. The fraction of sp³-hybridized carbons (Fsp3) is 0.0909. The van der Waals surface area contributed by atoms with E-state index in [0.29, 0.717) is 10.6 Å². The molecule has 1 nitrogen and oxygen atoms in total. The number of halogens is 3. The fourth-order valence-electron chi connectivity index (χ4n) is 1.40. The Morgan fingerprint density at radius 3 is 2.56 bits per heavy atom. The van der Waals surface area contributed by atoms with Gasteiger partial charge in [-0.2, -0.15) is 11.3 Å². The van der Waals surface area contributed by atoms with Gasteiger partial charge < -0.3 is 5.73 Å². The maximum Gasteiger partial charge on any atom is 0.125 e. The molecule has 86 valence electrons. The highest BCUT2D eigenvalue weighted by atomic mass is 35.5. The van der Waals surface area contributed by atoms with E-state index in [1.165, 1.54) is 12.1 Å². The Morgan fingerprint density at radius 1 is 1.25 bits per heavy atom. The minimum Gasteiger partial charge on any atom is -0.320 e. The summed E-state index contributed by atoms with van der Waals surface area (Å²) in [6.07, 6.45) is 0. The van der Waals surface area contributed by atoms with Crippen LogP contribution >= 0.6 is 35.3 Å². The molecule has 0 bridgehead atoms. The molecule has 5 heteroatoms. The predicted molar refractivity (Wildman–Crippen MR) is 69.0 cm³/mol. The maximum absolute atomic E-state index is 13.1. The normalized spacial score (nSPS) is 11.9. The molecule has 1 aromatic carbocycles. The second kappa shape index (κ2) is 5.64. The Balaban J connectivity index is 0.00000128. The molecule has 0 unspecified atom stereocenters. The molecule has 16 heavy (non-hydrogen) atoms. The summed E-state index contributed by atoms with van der Waals surface area (Å²) in [5.41, 5.74) is 7.65. The van der Waals surface area contributed by atoms with Crippen LogP contribution in [0.15, 0.2) is 35.0 Å². The van der Waals surface area contributed by atoms with Crippen molar-refractivity contribution in [1.29, 1.82) is 0 Å². The lowest BCUT2D eigenvalue weighted by Gasteiger charge is -2.10. The first-order chi connectivity index (χ1) is 7.16. The molecular weight excluding hydrogens is 268 g/mol. The zero-order valence-electron chi connectivity index (χ0n) is 8.19. The molecule has 0 aliphatic carbocycles. The van der Waals surface area contributed by atoms with Gasteiger partial charge in [-0.25, -0.2) is 4.39 Å². The molecule has 0 fully saturated rings. The number of nitrogens with two attached hydrogens (primary N) is 1. The molecule has 1 heterocycles. The van der Waals surface area contributed by atoms with Crippen LogP contribution in [0, 0.1) is 5.82 Å². The van der Waals surface area contributed by atoms with Crippen molar-refractivity contribution in [2.75, 3.05) is 0 Å². The van der Waals surface area contributed by atoms with Crippen LogP contribution in [0.5, 0.6) is 0 Å². The Labute approximate surface area is 108 Å². The predicted octanol–water partition coefficient (Wildman–Crippen LogP) is 4.01. The van der Waals surface area contributed by atoms with Gasteiger partial charge in [0, 0.05) is 5.02 Å². The molecule has 0 saturated carbocycles. The van der Waals surface area contributed by atoms with Crippen molar-refractivity contribution < 1.29 is 4.39 Å². The molecule has 2 aromatic rings. The Bertz CT molecular complexity index is 439. The minimum absolute atomic E-state index is 0.